The number of rotatable bonds is 4. The molecule has 0 unspecified atom stereocenters. The molecule has 1 heterocycles. The summed E-state index contributed by atoms with van der Waals surface area (Å²) in [5.41, 5.74) is 1.25. The van der Waals surface area contributed by atoms with E-state index in [1.165, 1.54) is 12.1 Å². The molecular formula is C15H18F2N2O2. The summed E-state index contributed by atoms with van der Waals surface area (Å²) < 4.78 is 28.6. The van der Waals surface area contributed by atoms with E-state index in [9.17, 15) is 13.6 Å². The standard InChI is InChI=1S/C15H18F2N2O2/c1-3-11-5-4-8-19(11)15(20)18-13-7-6-12(9-10(13)2)21-14(16)17/h4-7,9,11,14H,3,8H2,1-2H3,(H,18,20)/t11-/m0/s1. The Morgan fingerprint density at radius 2 is 2.29 bits per heavy atom. The second kappa shape index (κ2) is 6.56. The lowest BCUT2D eigenvalue weighted by molar-refractivity contribution is -0.0498. The van der Waals surface area contributed by atoms with Gasteiger partial charge >= 0.3 is 12.6 Å². The van der Waals surface area contributed by atoms with Crippen molar-refractivity contribution < 1.29 is 18.3 Å². The number of nitrogens with one attached hydrogen (secondary N) is 1. The van der Waals surface area contributed by atoms with E-state index < -0.39 is 6.61 Å². The van der Waals surface area contributed by atoms with Crippen molar-refractivity contribution in [2.24, 2.45) is 0 Å². The van der Waals surface area contributed by atoms with Gasteiger partial charge in [-0.3, -0.25) is 0 Å². The molecule has 1 aromatic rings. The molecule has 0 spiro atoms. The Labute approximate surface area is 122 Å². The maximum atomic E-state index is 12.2. The Morgan fingerprint density at radius 1 is 1.52 bits per heavy atom. The highest BCUT2D eigenvalue weighted by molar-refractivity contribution is 5.91. The number of amides is 2. The van der Waals surface area contributed by atoms with E-state index in [2.05, 4.69) is 10.1 Å². The summed E-state index contributed by atoms with van der Waals surface area (Å²) in [6.45, 7) is 1.47. The predicted octanol–water partition coefficient (Wildman–Crippen LogP) is 3.78. The summed E-state index contributed by atoms with van der Waals surface area (Å²) >= 11 is 0. The zero-order valence-corrected chi connectivity index (χ0v) is 12.0. The molecule has 114 valence electrons. The average molecular weight is 296 g/mol. The van der Waals surface area contributed by atoms with Crippen molar-refractivity contribution in [2.75, 3.05) is 11.9 Å². The smallest absolute Gasteiger partial charge is 0.387 e. The minimum Gasteiger partial charge on any atom is -0.435 e. The maximum Gasteiger partial charge on any atom is 0.387 e. The zero-order chi connectivity index (χ0) is 15.4. The first-order valence-corrected chi connectivity index (χ1v) is 6.81. The third-order valence-corrected chi connectivity index (χ3v) is 3.40. The average Bonchev–Trinajstić information content (AvgIpc) is 2.89. The number of nitrogens with zero attached hydrogens (tertiary/aromatic N) is 1. The van der Waals surface area contributed by atoms with Gasteiger partial charge in [0.05, 0.1) is 6.04 Å². The molecular weight excluding hydrogens is 278 g/mol. The van der Waals surface area contributed by atoms with Gasteiger partial charge in [0, 0.05) is 12.2 Å². The number of hydrogen-bond donors (Lipinski definition) is 1. The monoisotopic (exact) mass is 296 g/mol. The van der Waals surface area contributed by atoms with Gasteiger partial charge in [-0.1, -0.05) is 19.1 Å². The summed E-state index contributed by atoms with van der Waals surface area (Å²) in [7, 11) is 0. The van der Waals surface area contributed by atoms with Gasteiger partial charge in [-0.2, -0.15) is 8.78 Å². The molecule has 0 fully saturated rings. The molecule has 0 aliphatic carbocycles. The number of hydrogen-bond acceptors (Lipinski definition) is 2. The summed E-state index contributed by atoms with van der Waals surface area (Å²) in [4.78, 5) is 13.9. The van der Waals surface area contributed by atoms with Crippen molar-refractivity contribution in [2.45, 2.75) is 32.9 Å². The largest absolute Gasteiger partial charge is 0.435 e. The number of aryl methyl sites for hydroxylation is 1. The number of carbonyl (C=O) groups is 1. The number of urea groups is 1. The molecule has 6 heteroatoms. The second-order valence-corrected chi connectivity index (χ2v) is 4.84. The Hall–Kier alpha value is -2.11. The van der Waals surface area contributed by atoms with Gasteiger partial charge in [-0.15, -0.1) is 0 Å². The summed E-state index contributed by atoms with van der Waals surface area (Å²) in [5.74, 6) is 0.0785. The van der Waals surface area contributed by atoms with Crippen LogP contribution < -0.4 is 10.1 Å². The fourth-order valence-corrected chi connectivity index (χ4v) is 2.30. The van der Waals surface area contributed by atoms with Crippen LogP contribution in [0.4, 0.5) is 19.3 Å². The Kier molecular flexibility index (Phi) is 4.77. The van der Waals surface area contributed by atoms with Crippen LogP contribution >= 0.6 is 0 Å². The molecule has 1 aromatic carbocycles. The molecule has 0 bridgehead atoms. The lowest BCUT2D eigenvalue weighted by atomic mass is 10.2. The van der Waals surface area contributed by atoms with Gasteiger partial charge in [0.2, 0.25) is 0 Å². The van der Waals surface area contributed by atoms with Crippen molar-refractivity contribution >= 4 is 11.7 Å². The van der Waals surface area contributed by atoms with Crippen molar-refractivity contribution in [3.05, 3.63) is 35.9 Å². The van der Waals surface area contributed by atoms with Crippen LogP contribution in [0.3, 0.4) is 0 Å². The van der Waals surface area contributed by atoms with Crippen LogP contribution in [0.5, 0.6) is 5.75 Å². The highest BCUT2D eigenvalue weighted by Crippen LogP contribution is 2.24. The van der Waals surface area contributed by atoms with E-state index in [0.29, 0.717) is 17.8 Å². The van der Waals surface area contributed by atoms with Crippen molar-refractivity contribution in [1.29, 1.82) is 0 Å². The lowest BCUT2D eigenvalue weighted by Gasteiger charge is -2.24. The third kappa shape index (κ3) is 3.71. The van der Waals surface area contributed by atoms with Gasteiger partial charge in [0.15, 0.2) is 0 Å². The van der Waals surface area contributed by atoms with E-state index >= 15 is 0 Å². The van der Waals surface area contributed by atoms with Gasteiger partial charge in [0.25, 0.3) is 0 Å². The number of carbonyl (C=O) groups excluding carboxylic acids is 1. The molecule has 2 rings (SSSR count). The maximum absolute atomic E-state index is 12.2. The number of ether oxygens (including phenoxy) is 1. The van der Waals surface area contributed by atoms with E-state index in [4.69, 9.17) is 0 Å². The van der Waals surface area contributed by atoms with Crippen LogP contribution in [-0.2, 0) is 0 Å². The third-order valence-electron chi connectivity index (χ3n) is 3.40. The molecule has 21 heavy (non-hydrogen) atoms. The molecule has 0 aromatic heterocycles. The van der Waals surface area contributed by atoms with E-state index in [0.717, 1.165) is 6.42 Å². The number of anilines is 1. The Morgan fingerprint density at radius 3 is 2.90 bits per heavy atom. The zero-order valence-electron chi connectivity index (χ0n) is 12.0. The molecule has 1 aliphatic heterocycles. The molecule has 1 aliphatic rings. The van der Waals surface area contributed by atoms with Crippen molar-refractivity contribution in [3.63, 3.8) is 0 Å². The van der Waals surface area contributed by atoms with Gasteiger partial charge in [0.1, 0.15) is 5.75 Å². The number of halogens is 2. The first kappa shape index (κ1) is 15.3. The highest BCUT2D eigenvalue weighted by Gasteiger charge is 2.23. The normalized spacial score (nSPS) is 17.4. The lowest BCUT2D eigenvalue weighted by Crippen LogP contribution is -2.39. The summed E-state index contributed by atoms with van der Waals surface area (Å²) in [6.07, 6.45) is 4.82. The summed E-state index contributed by atoms with van der Waals surface area (Å²) in [5, 5.41) is 2.80. The molecule has 4 nitrogen and oxygen atoms in total. The minimum atomic E-state index is -2.86. The van der Waals surface area contributed by atoms with Crippen molar-refractivity contribution in [1.82, 2.24) is 4.90 Å². The molecule has 1 atom stereocenters. The van der Waals surface area contributed by atoms with E-state index in [-0.39, 0.29) is 17.8 Å². The molecule has 1 N–H and O–H groups in total. The molecule has 2 amide bonds. The quantitative estimate of drug-likeness (QED) is 0.859. The predicted molar refractivity (Wildman–Crippen MR) is 76.8 cm³/mol. The van der Waals surface area contributed by atoms with Crippen LogP contribution in [0.2, 0.25) is 0 Å². The topological polar surface area (TPSA) is 41.6 Å². The SMILES string of the molecule is CC[C@H]1C=CCN1C(=O)Nc1ccc(OC(F)F)cc1C. The fraction of sp³-hybridized carbons (Fsp3) is 0.400. The van der Waals surface area contributed by atoms with E-state index in [1.54, 1.807) is 17.9 Å². The van der Waals surface area contributed by atoms with Gasteiger partial charge < -0.3 is 15.0 Å². The first-order valence-electron chi connectivity index (χ1n) is 6.81. The Bertz CT molecular complexity index is 546. The number of alkyl halides is 2. The van der Waals surface area contributed by atoms with Gasteiger partial charge in [-0.05, 0) is 37.1 Å². The fourth-order valence-electron chi connectivity index (χ4n) is 2.30. The van der Waals surface area contributed by atoms with Crippen LogP contribution in [0.25, 0.3) is 0 Å². The summed E-state index contributed by atoms with van der Waals surface area (Å²) in [6, 6.07) is 4.36. The highest BCUT2D eigenvalue weighted by atomic mass is 19.3. The van der Waals surface area contributed by atoms with Crippen LogP contribution in [0.15, 0.2) is 30.4 Å². The molecule has 0 saturated heterocycles. The number of benzene rings is 1. The first-order chi connectivity index (χ1) is 10.0. The minimum absolute atomic E-state index is 0.0785. The van der Waals surface area contributed by atoms with Gasteiger partial charge in [-0.25, -0.2) is 4.79 Å². The van der Waals surface area contributed by atoms with Crippen molar-refractivity contribution in [3.8, 4) is 5.75 Å². The molecule has 0 saturated carbocycles. The molecule has 0 radical (unpaired) electrons. The van der Waals surface area contributed by atoms with E-state index in [1.807, 2.05) is 19.1 Å². The Balaban J connectivity index is 2.04. The van der Waals surface area contributed by atoms with Crippen LogP contribution in [0.1, 0.15) is 18.9 Å². The van der Waals surface area contributed by atoms with Crippen LogP contribution in [0, 0.1) is 6.92 Å². The van der Waals surface area contributed by atoms with Crippen LogP contribution in [-0.4, -0.2) is 30.1 Å². The second-order valence-electron chi connectivity index (χ2n) is 4.84.